The van der Waals surface area contributed by atoms with Gasteiger partial charge in [0.05, 0.1) is 17.8 Å². The lowest BCUT2D eigenvalue weighted by Gasteiger charge is -2.45. The van der Waals surface area contributed by atoms with Gasteiger partial charge in [0, 0.05) is 102 Å². The van der Waals surface area contributed by atoms with Gasteiger partial charge in [-0.25, -0.2) is 9.97 Å². The largest absolute Gasteiger partial charge is 0.372 e. The summed E-state index contributed by atoms with van der Waals surface area (Å²) in [7, 11) is 3.59. The Kier molecular flexibility index (Phi) is 11.5. The summed E-state index contributed by atoms with van der Waals surface area (Å²) in [6.07, 6.45) is 14.1. The van der Waals surface area contributed by atoms with E-state index in [4.69, 9.17) is 9.97 Å². The lowest BCUT2D eigenvalue weighted by atomic mass is 9.90. The molecule has 3 amide bonds. The van der Waals surface area contributed by atoms with Crippen LogP contribution >= 0.6 is 0 Å². The number of piperidine rings is 3. The summed E-state index contributed by atoms with van der Waals surface area (Å²) in [4.78, 5) is 63.3. The van der Waals surface area contributed by atoms with E-state index in [1.807, 2.05) is 24.5 Å². The van der Waals surface area contributed by atoms with Crippen molar-refractivity contribution in [2.24, 2.45) is 5.92 Å². The highest BCUT2D eigenvalue weighted by Crippen LogP contribution is 2.35. The number of pyridine rings is 1. The smallest absolute Gasteiger partial charge is 0.270 e. The number of aromatic nitrogens is 4. The number of rotatable bonds is 10. The first kappa shape index (κ1) is 39.4. The molecule has 14 nitrogen and oxygen atoms in total. The Labute approximate surface area is 347 Å². The zero-order valence-corrected chi connectivity index (χ0v) is 34.7. The van der Waals surface area contributed by atoms with Crippen molar-refractivity contribution >= 4 is 51.9 Å². The number of benzene rings is 1. The Morgan fingerprint density at radius 1 is 0.797 bits per heavy atom. The predicted octanol–water partition coefficient (Wildman–Crippen LogP) is 5.41. The van der Waals surface area contributed by atoms with Crippen LogP contribution in [0.5, 0.6) is 0 Å². The van der Waals surface area contributed by atoms with Gasteiger partial charge in [0.2, 0.25) is 17.8 Å². The standard InChI is InChI=1S/C45H59N11O3/c1-51(2)44(59)39-26-33-27-47-45(50-42(33)56(39)35-6-3-4-7-35)48-40-15-13-36(28-46-40)54-22-24-55(25-23-54)37-8-5-19-52(30-37)29-31-17-20-53(21-18-31)34-11-9-32(10-12-34)38-14-16-41(57)49-43(38)58/h9-13,15,26-28,31,35,37-38H,3-8,14,16-25,29-30H2,1-2H3,(H,49,57,58)(H,46,47,48,50). The maximum absolute atomic E-state index is 13.1. The summed E-state index contributed by atoms with van der Waals surface area (Å²) in [6.45, 7) is 9.78. The Morgan fingerprint density at radius 3 is 2.24 bits per heavy atom. The summed E-state index contributed by atoms with van der Waals surface area (Å²) in [5.41, 5.74) is 4.83. The molecule has 7 heterocycles. The molecule has 5 fully saturated rings. The third-order valence-corrected chi connectivity index (χ3v) is 13.6. The molecule has 5 aliphatic rings. The van der Waals surface area contributed by atoms with E-state index in [0.29, 0.717) is 36.3 Å². The van der Waals surface area contributed by atoms with Crippen LogP contribution < -0.4 is 20.4 Å². The molecule has 59 heavy (non-hydrogen) atoms. The first-order chi connectivity index (χ1) is 28.8. The molecular weight excluding hydrogens is 743 g/mol. The topological polar surface area (TPSA) is 135 Å². The van der Waals surface area contributed by atoms with Gasteiger partial charge in [0.1, 0.15) is 17.2 Å². The van der Waals surface area contributed by atoms with Gasteiger partial charge in [-0.3, -0.25) is 24.6 Å². The fraction of sp³-hybridized carbons (Fsp3) is 0.556. The Balaban J connectivity index is 0.738. The zero-order chi connectivity index (χ0) is 40.5. The molecule has 4 saturated heterocycles. The predicted molar refractivity (Wildman–Crippen MR) is 230 cm³/mol. The van der Waals surface area contributed by atoms with Crippen molar-refractivity contribution in [3.8, 4) is 0 Å². The second-order valence-electron chi connectivity index (χ2n) is 17.6. The molecule has 2 unspecified atom stereocenters. The van der Waals surface area contributed by atoms with Gasteiger partial charge in [-0.1, -0.05) is 25.0 Å². The minimum atomic E-state index is -0.230. The molecule has 9 rings (SSSR count). The average molecular weight is 802 g/mol. The van der Waals surface area contributed by atoms with Gasteiger partial charge in [-0.05, 0) is 93.3 Å². The third-order valence-electron chi connectivity index (χ3n) is 13.6. The summed E-state index contributed by atoms with van der Waals surface area (Å²) in [5, 5.41) is 6.68. The van der Waals surface area contributed by atoms with E-state index >= 15 is 0 Å². The Hall–Kier alpha value is -5.08. The number of likely N-dealkylation sites (tertiary alicyclic amines) is 1. The van der Waals surface area contributed by atoms with Crippen LogP contribution in [0.3, 0.4) is 0 Å². The summed E-state index contributed by atoms with van der Waals surface area (Å²) in [6, 6.07) is 15.4. The van der Waals surface area contributed by atoms with Gasteiger partial charge >= 0.3 is 0 Å². The van der Waals surface area contributed by atoms with Gasteiger partial charge in [0.15, 0.2) is 0 Å². The van der Waals surface area contributed by atoms with Gasteiger partial charge in [0.25, 0.3) is 5.91 Å². The SMILES string of the molecule is CN(C)C(=O)c1cc2cnc(Nc3ccc(N4CCN(C5CCCN(CC6CCN(c7ccc(C8CCC(=O)NC8=O)cc7)CC6)C5)CC4)cn3)nc2n1C1CCCC1. The molecule has 0 bridgehead atoms. The van der Waals surface area contributed by atoms with E-state index in [2.05, 4.69) is 70.1 Å². The van der Waals surface area contributed by atoms with Crippen molar-refractivity contribution < 1.29 is 14.4 Å². The van der Waals surface area contributed by atoms with E-state index in [-0.39, 0.29) is 29.7 Å². The lowest BCUT2D eigenvalue weighted by Crippen LogP contribution is -2.55. The van der Waals surface area contributed by atoms with Crippen LogP contribution in [0.2, 0.25) is 0 Å². The zero-order valence-electron chi connectivity index (χ0n) is 34.7. The average Bonchev–Trinajstić information content (AvgIpc) is 3.93. The fourth-order valence-electron chi connectivity index (χ4n) is 10.3. The second kappa shape index (κ2) is 17.3. The van der Waals surface area contributed by atoms with E-state index < -0.39 is 0 Å². The number of nitrogens with zero attached hydrogens (tertiary/aromatic N) is 9. The molecule has 0 spiro atoms. The van der Waals surface area contributed by atoms with Gasteiger partial charge in [-0.15, -0.1) is 0 Å². The number of amides is 3. The molecule has 4 aliphatic heterocycles. The second-order valence-corrected chi connectivity index (χ2v) is 17.6. The van der Waals surface area contributed by atoms with E-state index in [1.54, 1.807) is 19.0 Å². The number of anilines is 4. The molecule has 312 valence electrons. The minimum absolute atomic E-state index is 0.0116. The lowest BCUT2D eigenvalue weighted by molar-refractivity contribution is -0.134. The van der Waals surface area contributed by atoms with Crippen molar-refractivity contribution in [1.82, 2.24) is 39.5 Å². The summed E-state index contributed by atoms with van der Waals surface area (Å²) in [5.74, 6) is 1.32. The van der Waals surface area contributed by atoms with Crippen LogP contribution in [-0.4, -0.2) is 131 Å². The molecule has 3 aromatic heterocycles. The number of carbonyl (C=O) groups excluding carboxylic acids is 3. The van der Waals surface area contributed by atoms with Crippen LogP contribution in [0.15, 0.2) is 54.9 Å². The molecule has 14 heteroatoms. The number of fused-ring (bicyclic) bond motifs is 1. The molecule has 2 N–H and O–H groups in total. The molecule has 1 saturated carbocycles. The molecule has 2 atom stereocenters. The van der Waals surface area contributed by atoms with Crippen LogP contribution in [0.25, 0.3) is 11.0 Å². The van der Waals surface area contributed by atoms with E-state index in [1.165, 1.54) is 57.3 Å². The number of nitrogens with one attached hydrogen (secondary N) is 2. The fourth-order valence-corrected chi connectivity index (χ4v) is 10.3. The first-order valence-corrected chi connectivity index (χ1v) is 22.0. The van der Waals surface area contributed by atoms with Crippen LogP contribution in [-0.2, 0) is 9.59 Å². The molecule has 1 aliphatic carbocycles. The Morgan fingerprint density at radius 2 is 1.53 bits per heavy atom. The van der Waals surface area contributed by atoms with Crippen LogP contribution in [0, 0.1) is 5.92 Å². The highest BCUT2D eigenvalue weighted by atomic mass is 16.2. The van der Waals surface area contributed by atoms with Crippen LogP contribution in [0.1, 0.15) is 92.2 Å². The maximum atomic E-state index is 13.1. The van der Waals surface area contributed by atoms with Crippen molar-refractivity contribution in [2.45, 2.75) is 82.2 Å². The van der Waals surface area contributed by atoms with Crippen molar-refractivity contribution in [3.63, 3.8) is 0 Å². The number of piperazine rings is 1. The van der Waals surface area contributed by atoms with E-state index in [9.17, 15) is 14.4 Å². The monoisotopic (exact) mass is 801 g/mol. The third kappa shape index (κ3) is 8.65. The minimum Gasteiger partial charge on any atom is -0.372 e. The molecule has 4 aromatic rings. The van der Waals surface area contributed by atoms with Crippen LogP contribution in [0.4, 0.5) is 23.1 Å². The normalized spacial score (nSPS) is 22.9. The van der Waals surface area contributed by atoms with Crippen molar-refractivity contribution in [3.05, 3.63) is 66.1 Å². The highest BCUT2D eigenvalue weighted by molar-refractivity contribution is 6.01. The van der Waals surface area contributed by atoms with Gasteiger partial charge in [-0.2, -0.15) is 4.98 Å². The van der Waals surface area contributed by atoms with Crippen molar-refractivity contribution in [1.29, 1.82) is 0 Å². The number of carbonyl (C=O) groups is 3. The number of hydrogen-bond acceptors (Lipinski definition) is 11. The molecular formula is C45H59N11O3. The summed E-state index contributed by atoms with van der Waals surface area (Å²) < 4.78 is 2.14. The van der Waals surface area contributed by atoms with Gasteiger partial charge < -0.3 is 29.5 Å². The highest BCUT2D eigenvalue weighted by Gasteiger charge is 2.32. The molecule has 1 aromatic carbocycles. The Bertz CT molecular complexity index is 2110. The number of imide groups is 1. The number of hydrogen-bond donors (Lipinski definition) is 2. The van der Waals surface area contributed by atoms with Crippen molar-refractivity contribution in [2.75, 3.05) is 88.1 Å². The van der Waals surface area contributed by atoms with E-state index in [0.717, 1.165) is 86.9 Å². The maximum Gasteiger partial charge on any atom is 0.270 e. The summed E-state index contributed by atoms with van der Waals surface area (Å²) >= 11 is 0. The quantitative estimate of drug-likeness (QED) is 0.200. The first-order valence-electron chi connectivity index (χ1n) is 22.0. The molecule has 0 radical (unpaired) electrons.